The average molecular weight is 231 g/mol. The van der Waals surface area contributed by atoms with Gasteiger partial charge in [-0.25, -0.2) is 4.98 Å². The summed E-state index contributed by atoms with van der Waals surface area (Å²) in [4.78, 5) is 4.11. The van der Waals surface area contributed by atoms with Crippen LogP contribution in [-0.4, -0.2) is 23.7 Å². The van der Waals surface area contributed by atoms with Crippen LogP contribution in [0.15, 0.2) is 18.3 Å². The number of hydrogen-bond acceptors (Lipinski definition) is 4. The van der Waals surface area contributed by atoms with E-state index in [1.54, 1.807) is 18.3 Å². The third kappa shape index (κ3) is 3.43. The van der Waals surface area contributed by atoms with Gasteiger partial charge in [0.2, 0.25) is 5.88 Å². The van der Waals surface area contributed by atoms with E-state index in [4.69, 9.17) is 10.00 Å². The van der Waals surface area contributed by atoms with Crippen LogP contribution in [0, 0.1) is 11.3 Å². The Hall–Kier alpha value is -1.60. The van der Waals surface area contributed by atoms with E-state index < -0.39 is 0 Å². The third-order valence-corrected chi connectivity index (χ3v) is 2.96. The van der Waals surface area contributed by atoms with Gasteiger partial charge in [-0.1, -0.05) is 0 Å². The molecule has 1 fully saturated rings. The summed E-state index contributed by atoms with van der Waals surface area (Å²) in [5.41, 5.74) is 0.584. The fourth-order valence-electron chi connectivity index (χ4n) is 2.16. The Labute approximate surface area is 102 Å². The van der Waals surface area contributed by atoms with Gasteiger partial charge < -0.3 is 10.1 Å². The summed E-state index contributed by atoms with van der Waals surface area (Å²) in [7, 11) is 0. The van der Waals surface area contributed by atoms with Crippen molar-refractivity contribution in [3.63, 3.8) is 0 Å². The lowest BCUT2D eigenvalue weighted by Gasteiger charge is -2.17. The van der Waals surface area contributed by atoms with Crippen molar-refractivity contribution in [1.29, 1.82) is 5.26 Å². The number of ether oxygens (including phenoxy) is 1. The minimum absolute atomic E-state index is 0.118. The topological polar surface area (TPSA) is 57.9 Å². The van der Waals surface area contributed by atoms with Crippen LogP contribution in [0.4, 0.5) is 0 Å². The summed E-state index contributed by atoms with van der Waals surface area (Å²) in [6.07, 6.45) is 5.18. The molecule has 0 aliphatic carbocycles. The van der Waals surface area contributed by atoms with Gasteiger partial charge in [-0.3, -0.25) is 0 Å². The second kappa shape index (κ2) is 5.65. The Morgan fingerprint density at radius 3 is 3.29 bits per heavy atom. The molecule has 1 saturated heterocycles. The van der Waals surface area contributed by atoms with Crippen molar-refractivity contribution in [3.8, 4) is 11.9 Å². The molecule has 0 radical (unpaired) electrons. The van der Waals surface area contributed by atoms with Crippen molar-refractivity contribution in [2.45, 2.75) is 38.3 Å². The molecular formula is C13H17N3O. The first-order chi connectivity index (χ1) is 8.28. The molecule has 2 atom stereocenters. The number of nitriles is 1. The van der Waals surface area contributed by atoms with Crippen molar-refractivity contribution in [3.05, 3.63) is 23.9 Å². The van der Waals surface area contributed by atoms with Crippen LogP contribution >= 0.6 is 0 Å². The number of nitrogens with zero attached hydrogens (tertiary/aromatic N) is 2. The largest absolute Gasteiger partial charge is 0.475 e. The van der Waals surface area contributed by atoms with Gasteiger partial charge in [0.05, 0.1) is 17.7 Å². The molecule has 0 saturated carbocycles. The van der Waals surface area contributed by atoms with E-state index in [0.29, 0.717) is 17.5 Å². The molecule has 1 aromatic rings. The van der Waals surface area contributed by atoms with E-state index in [1.165, 1.54) is 12.8 Å². The maximum Gasteiger partial charge on any atom is 0.214 e. The molecule has 17 heavy (non-hydrogen) atoms. The lowest BCUT2D eigenvalue weighted by Crippen LogP contribution is -2.28. The molecule has 1 N–H and O–H groups in total. The summed E-state index contributed by atoms with van der Waals surface area (Å²) in [6, 6.07) is 6.00. The normalized spacial score (nSPS) is 20.8. The highest BCUT2D eigenvalue weighted by Gasteiger charge is 2.18. The first kappa shape index (κ1) is 11.9. The van der Waals surface area contributed by atoms with Gasteiger partial charge >= 0.3 is 0 Å². The number of nitrogens with one attached hydrogen (secondary N) is 1. The van der Waals surface area contributed by atoms with E-state index >= 15 is 0 Å². The van der Waals surface area contributed by atoms with Crippen LogP contribution in [0.3, 0.4) is 0 Å². The highest BCUT2D eigenvalue weighted by molar-refractivity contribution is 5.31. The van der Waals surface area contributed by atoms with E-state index in [2.05, 4.69) is 16.4 Å². The van der Waals surface area contributed by atoms with Gasteiger partial charge in [-0.2, -0.15) is 5.26 Å². The molecule has 2 rings (SSSR count). The molecule has 90 valence electrons. The molecule has 0 amide bonds. The smallest absolute Gasteiger partial charge is 0.214 e. The molecule has 2 unspecified atom stereocenters. The lowest BCUT2D eigenvalue weighted by molar-refractivity contribution is 0.189. The molecule has 0 aromatic carbocycles. The van der Waals surface area contributed by atoms with Crippen LogP contribution < -0.4 is 10.1 Å². The second-order valence-electron chi connectivity index (χ2n) is 4.45. The van der Waals surface area contributed by atoms with E-state index in [9.17, 15) is 0 Å². The van der Waals surface area contributed by atoms with Crippen LogP contribution in [-0.2, 0) is 0 Å². The summed E-state index contributed by atoms with van der Waals surface area (Å²) >= 11 is 0. The van der Waals surface area contributed by atoms with Crippen molar-refractivity contribution in [1.82, 2.24) is 10.3 Å². The SMILES string of the molecule is CC(CC1CCCN1)Oc1cc(C#N)ccn1. The summed E-state index contributed by atoms with van der Waals surface area (Å²) in [6.45, 7) is 3.15. The van der Waals surface area contributed by atoms with Crippen LogP contribution in [0.25, 0.3) is 0 Å². The Morgan fingerprint density at radius 2 is 2.59 bits per heavy atom. The number of rotatable bonds is 4. The number of hydrogen-bond donors (Lipinski definition) is 1. The summed E-state index contributed by atoms with van der Waals surface area (Å²) in [5, 5.41) is 12.2. The third-order valence-electron chi connectivity index (χ3n) is 2.96. The van der Waals surface area contributed by atoms with Gasteiger partial charge in [0.1, 0.15) is 0 Å². The van der Waals surface area contributed by atoms with Crippen molar-refractivity contribution >= 4 is 0 Å². The monoisotopic (exact) mass is 231 g/mol. The van der Waals surface area contributed by atoms with Crippen LogP contribution in [0.1, 0.15) is 31.7 Å². The molecular weight excluding hydrogens is 214 g/mol. The fraction of sp³-hybridized carbons (Fsp3) is 0.538. The predicted octanol–water partition coefficient (Wildman–Crippen LogP) is 1.86. The molecule has 0 bridgehead atoms. The zero-order chi connectivity index (χ0) is 12.1. The Morgan fingerprint density at radius 1 is 1.71 bits per heavy atom. The highest BCUT2D eigenvalue weighted by Crippen LogP contribution is 2.16. The maximum atomic E-state index is 8.78. The Bertz CT molecular complexity index is 407. The first-order valence-electron chi connectivity index (χ1n) is 6.04. The Kier molecular flexibility index (Phi) is 3.94. The quantitative estimate of drug-likeness (QED) is 0.859. The second-order valence-corrected chi connectivity index (χ2v) is 4.45. The number of aromatic nitrogens is 1. The standard InChI is InChI=1S/C13H17N3O/c1-10(7-12-3-2-5-15-12)17-13-8-11(9-14)4-6-16-13/h4,6,8,10,12,15H,2-3,5,7H2,1H3. The lowest BCUT2D eigenvalue weighted by atomic mass is 10.1. The molecule has 1 aliphatic rings. The van der Waals surface area contributed by atoms with E-state index in [1.807, 2.05) is 6.92 Å². The average Bonchev–Trinajstić information content (AvgIpc) is 2.82. The number of pyridine rings is 1. The minimum Gasteiger partial charge on any atom is -0.475 e. The molecule has 2 heterocycles. The van der Waals surface area contributed by atoms with Gasteiger partial charge in [0, 0.05) is 18.3 Å². The molecule has 1 aromatic heterocycles. The predicted molar refractivity (Wildman–Crippen MR) is 64.7 cm³/mol. The van der Waals surface area contributed by atoms with Gasteiger partial charge in [-0.15, -0.1) is 0 Å². The zero-order valence-corrected chi connectivity index (χ0v) is 10.0. The van der Waals surface area contributed by atoms with Crippen LogP contribution in [0.2, 0.25) is 0 Å². The Balaban J connectivity index is 1.88. The van der Waals surface area contributed by atoms with Crippen molar-refractivity contribution < 1.29 is 4.74 Å². The molecule has 4 heteroatoms. The molecule has 4 nitrogen and oxygen atoms in total. The summed E-state index contributed by atoms with van der Waals surface area (Å²) in [5.74, 6) is 0.537. The van der Waals surface area contributed by atoms with E-state index in [0.717, 1.165) is 13.0 Å². The van der Waals surface area contributed by atoms with E-state index in [-0.39, 0.29) is 6.10 Å². The zero-order valence-electron chi connectivity index (χ0n) is 10.0. The van der Waals surface area contributed by atoms with Crippen LogP contribution in [0.5, 0.6) is 5.88 Å². The minimum atomic E-state index is 0.118. The van der Waals surface area contributed by atoms with Crippen molar-refractivity contribution in [2.24, 2.45) is 0 Å². The molecule has 1 aliphatic heterocycles. The first-order valence-corrected chi connectivity index (χ1v) is 6.04. The maximum absolute atomic E-state index is 8.78. The molecule has 0 spiro atoms. The highest BCUT2D eigenvalue weighted by atomic mass is 16.5. The van der Waals surface area contributed by atoms with Gasteiger partial charge in [0.15, 0.2) is 0 Å². The summed E-state index contributed by atoms with van der Waals surface area (Å²) < 4.78 is 5.72. The van der Waals surface area contributed by atoms with Gasteiger partial charge in [0.25, 0.3) is 0 Å². The van der Waals surface area contributed by atoms with Crippen molar-refractivity contribution in [2.75, 3.05) is 6.54 Å². The van der Waals surface area contributed by atoms with Gasteiger partial charge in [-0.05, 0) is 38.8 Å². The fourth-order valence-corrected chi connectivity index (χ4v) is 2.16.